The highest BCUT2D eigenvalue weighted by molar-refractivity contribution is 5.90. The van der Waals surface area contributed by atoms with E-state index in [1.807, 2.05) is 24.3 Å². The summed E-state index contributed by atoms with van der Waals surface area (Å²) in [6, 6.07) is 14.1. The van der Waals surface area contributed by atoms with Gasteiger partial charge in [-0.3, -0.25) is 0 Å². The van der Waals surface area contributed by atoms with Gasteiger partial charge in [-0.2, -0.15) is 0 Å². The van der Waals surface area contributed by atoms with Crippen LogP contribution in [0, 0.1) is 23.7 Å². The summed E-state index contributed by atoms with van der Waals surface area (Å²) in [7, 11) is 0. The Morgan fingerprint density at radius 3 is 1.38 bits per heavy atom. The zero-order chi connectivity index (χ0) is 33.3. The van der Waals surface area contributed by atoms with Crippen LogP contribution < -0.4 is 9.47 Å². The Morgan fingerprint density at radius 2 is 0.979 bits per heavy atom. The van der Waals surface area contributed by atoms with Crippen molar-refractivity contribution in [2.75, 3.05) is 19.8 Å². The van der Waals surface area contributed by atoms with E-state index in [1.54, 1.807) is 31.2 Å². The minimum Gasteiger partial charge on any atom is -0.494 e. The number of hydrogen-bond acceptors (Lipinski definition) is 6. The maximum Gasteiger partial charge on any atom is 0.338 e. The van der Waals surface area contributed by atoms with E-state index in [1.165, 1.54) is 89.9 Å². The number of esters is 2. The molecular formula is C41H60O6. The zero-order valence-corrected chi connectivity index (χ0v) is 29.4. The van der Waals surface area contributed by atoms with E-state index in [-0.39, 0.29) is 6.61 Å². The molecule has 0 bridgehead atoms. The molecule has 6 heteroatoms. The molecule has 0 unspecified atom stereocenters. The lowest BCUT2D eigenvalue weighted by atomic mass is 9.78. The molecule has 2 aromatic carbocycles. The van der Waals surface area contributed by atoms with Crippen LogP contribution in [0.2, 0.25) is 0 Å². The van der Waals surface area contributed by atoms with Gasteiger partial charge in [-0.05, 0) is 105 Å². The van der Waals surface area contributed by atoms with E-state index in [0.717, 1.165) is 48.0 Å². The van der Waals surface area contributed by atoms with Crippen molar-refractivity contribution >= 4 is 11.9 Å². The van der Waals surface area contributed by atoms with Crippen LogP contribution in [0.25, 0.3) is 0 Å². The van der Waals surface area contributed by atoms with Gasteiger partial charge in [0.2, 0.25) is 0 Å². The summed E-state index contributed by atoms with van der Waals surface area (Å²) in [5.74, 6) is 4.18. The second-order valence-corrected chi connectivity index (χ2v) is 14.2. The van der Waals surface area contributed by atoms with E-state index in [0.29, 0.717) is 24.3 Å². The number of rotatable bonds is 19. The lowest BCUT2D eigenvalue weighted by Crippen LogP contribution is -2.22. The van der Waals surface area contributed by atoms with Crippen molar-refractivity contribution in [1.29, 1.82) is 0 Å². The SMILES string of the molecule is CCC[C@H]1CC[C@H](CCCOc2ccc(C(=O)OC[C@@H](C)OC(=O)c3ccc(OCCC[C@H]4CC[C@H](CCC)CC4)cc3)cc2)CC1. The molecule has 2 aliphatic carbocycles. The van der Waals surface area contributed by atoms with Crippen LogP contribution in [0.3, 0.4) is 0 Å². The third-order valence-corrected chi connectivity index (χ3v) is 10.3. The van der Waals surface area contributed by atoms with Crippen LogP contribution in [-0.2, 0) is 9.47 Å². The average Bonchev–Trinajstić information content (AvgIpc) is 3.09. The summed E-state index contributed by atoms with van der Waals surface area (Å²) < 4.78 is 22.8. The normalized spacial score (nSPS) is 21.9. The van der Waals surface area contributed by atoms with Gasteiger partial charge in [0.15, 0.2) is 0 Å². The molecule has 0 radical (unpaired) electrons. The zero-order valence-electron chi connectivity index (χ0n) is 29.4. The summed E-state index contributed by atoms with van der Waals surface area (Å²) in [6.07, 6.45) is 20.4. The molecule has 260 valence electrons. The Balaban J connectivity index is 1.06. The third kappa shape index (κ3) is 13.2. The summed E-state index contributed by atoms with van der Waals surface area (Å²) >= 11 is 0. The van der Waals surface area contributed by atoms with Gasteiger partial charge in [-0.15, -0.1) is 0 Å². The third-order valence-electron chi connectivity index (χ3n) is 10.3. The standard InChI is InChI=1S/C41H60O6/c1-4-8-32-12-16-34(17-13-32)10-6-28-44-38-24-20-36(21-25-38)40(42)46-30-31(3)47-41(43)37-22-26-39(27-23-37)45-29-7-11-35-18-14-33(9-5-2)15-19-35/h20-27,31-35H,4-19,28-30H2,1-3H3/t31-,32-,33-,34-,35-/m1/s1. The van der Waals surface area contributed by atoms with Gasteiger partial charge < -0.3 is 18.9 Å². The molecule has 0 N–H and O–H groups in total. The summed E-state index contributed by atoms with van der Waals surface area (Å²) in [4.78, 5) is 25.2. The van der Waals surface area contributed by atoms with Crippen molar-refractivity contribution in [3.63, 3.8) is 0 Å². The van der Waals surface area contributed by atoms with Crippen LogP contribution in [0.4, 0.5) is 0 Å². The molecule has 47 heavy (non-hydrogen) atoms. The van der Waals surface area contributed by atoms with E-state index in [2.05, 4.69) is 13.8 Å². The van der Waals surface area contributed by atoms with Crippen LogP contribution >= 0.6 is 0 Å². The summed E-state index contributed by atoms with van der Waals surface area (Å²) in [5.41, 5.74) is 0.879. The second-order valence-electron chi connectivity index (χ2n) is 14.2. The molecule has 0 saturated heterocycles. The molecule has 2 fully saturated rings. The molecule has 2 aliphatic rings. The maximum atomic E-state index is 12.6. The monoisotopic (exact) mass is 648 g/mol. The molecule has 0 amide bonds. The van der Waals surface area contributed by atoms with Crippen LogP contribution in [0.15, 0.2) is 48.5 Å². The molecule has 0 heterocycles. The Morgan fingerprint density at radius 1 is 0.596 bits per heavy atom. The van der Waals surface area contributed by atoms with Crippen LogP contribution in [-0.4, -0.2) is 37.9 Å². The quantitative estimate of drug-likeness (QED) is 0.111. The smallest absolute Gasteiger partial charge is 0.338 e. The first-order chi connectivity index (χ1) is 22.9. The number of carbonyl (C=O) groups excluding carboxylic acids is 2. The first-order valence-electron chi connectivity index (χ1n) is 18.8. The first kappa shape index (κ1) is 36.8. The minimum atomic E-state index is -0.580. The Bertz CT molecular complexity index is 1160. The second kappa shape index (κ2) is 20.4. The molecule has 2 saturated carbocycles. The lowest BCUT2D eigenvalue weighted by molar-refractivity contribution is 0.00447. The Labute approximate surface area is 284 Å². The van der Waals surface area contributed by atoms with Gasteiger partial charge in [-0.25, -0.2) is 9.59 Å². The van der Waals surface area contributed by atoms with Crippen molar-refractivity contribution < 1.29 is 28.5 Å². The number of ether oxygens (including phenoxy) is 4. The fourth-order valence-corrected chi connectivity index (χ4v) is 7.49. The molecule has 6 nitrogen and oxygen atoms in total. The van der Waals surface area contributed by atoms with Crippen molar-refractivity contribution in [2.24, 2.45) is 23.7 Å². The van der Waals surface area contributed by atoms with Crippen molar-refractivity contribution in [3.8, 4) is 11.5 Å². The fraction of sp³-hybridized carbons (Fsp3) is 0.659. The molecule has 0 aromatic heterocycles. The molecule has 1 atom stereocenters. The predicted molar refractivity (Wildman–Crippen MR) is 188 cm³/mol. The molecule has 2 aromatic rings. The van der Waals surface area contributed by atoms with E-state index >= 15 is 0 Å². The Kier molecular flexibility index (Phi) is 16.0. The molecule has 4 rings (SSSR count). The van der Waals surface area contributed by atoms with Gasteiger partial charge in [0.1, 0.15) is 24.2 Å². The molecule has 0 aliphatic heterocycles. The topological polar surface area (TPSA) is 71.1 Å². The van der Waals surface area contributed by atoms with Gasteiger partial charge >= 0.3 is 11.9 Å². The van der Waals surface area contributed by atoms with Gasteiger partial charge in [0, 0.05) is 0 Å². The van der Waals surface area contributed by atoms with Gasteiger partial charge in [-0.1, -0.05) is 90.9 Å². The van der Waals surface area contributed by atoms with E-state index in [9.17, 15) is 9.59 Å². The van der Waals surface area contributed by atoms with E-state index < -0.39 is 18.0 Å². The van der Waals surface area contributed by atoms with Crippen LogP contribution in [0.1, 0.15) is 144 Å². The Hall–Kier alpha value is -3.02. The van der Waals surface area contributed by atoms with Crippen LogP contribution in [0.5, 0.6) is 11.5 Å². The fourth-order valence-electron chi connectivity index (χ4n) is 7.49. The molecule has 0 spiro atoms. The largest absolute Gasteiger partial charge is 0.494 e. The van der Waals surface area contributed by atoms with Crippen molar-refractivity contribution in [1.82, 2.24) is 0 Å². The summed E-state index contributed by atoms with van der Waals surface area (Å²) in [6.45, 7) is 7.65. The van der Waals surface area contributed by atoms with Gasteiger partial charge in [0.25, 0.3) is 0 Å². The lowest BCUT2D eigenvalue weighted by Gasteiger charge is -2.28. The highest BCUT2D eigenvalue weighted by Gasteiger charge is 2.21. The summed E-state index contributed by atoms with van der Waals surface area (Å²) in [5, 5.41) is 0. The van der Waals surface area contributed by atoms with Crippen molar-refractivity contribution in [3.05, 3.63) is 59.7 Å². The van der Waals surface area contributed by atoms with Gasteiger partial charge in [0.05, 0.1) is 24.3 Å². The maximum absolute atomic E-state index is 12.6. The number of carbonyl (C=O) groups is 2. The predicted octanol–water partition coefficient (Wildman–Crippen LogP) is 10.6. The van der Waals surface area contributed by atoms with E-state index in [4.69, 9.17) is 18.9 Å². The highest BCUT2D eigenvalue weighted by Crippen LogP contribution is 2.35. The minimum absolute atomic E-state index is 0.0232. The number of benzene rings is 2. The highest BCUT2D eigenvalue weighted by atomic mass is 16.6. The first-order valence-corrected chi connectivity index (χ1v) is 18.8. The average molecular weight is 649 g/mol. The van der Waals surface area contributed by atoms with Crippen molar-refractivity contribution in [2.45, 2.75) is 130 Å². The number of hydrogen-bond donors (Lipinski definition) is 0. The molecular weight excluding hydrogens is 588 g/mol.